The van der Waals surface area contributed by atoms with E-state index in [1.54, 1.807) is 12.3 Å². The van der Waals surface area contributed by atoms with Crippen molar-refractivity contribution >= 4 is 33.7 Å². The summed E-state index contributed by atoms with van der Waals surface area (Å²) < 4.78 is 0. The minimum absolute atomic E-state index is 0.200. The van der Waals surface area contributed by atoms with Crippen LogP contribution in [0, 0.1) is 0 Å². The molecule has 1 unspecified atom stereocenters. The van der Waals surface area contributed by atoms with Gasteiger partial charge in [0.2, 0.25) is 0 Å². The van der Waals surface area contributed by atoms with Crippen molar-refractivity contribution in [2.75, 3.05) is 0 Å². The molecule has 0 spiro atoms. The van der Waals surface area contributed by atoms with Gasteiger partial charge in [-0.3, -0.25) is 4.79 Å². The number of aromatic amines is 2. The second-order valence-electron chi connectivity index (χ2n) is 6.20. The minimum Gasteiger partial charge on any atom is -0.480 e. The van der Waals surface area contributed by atoms with Gasteiger partial charge in [-0.15, -0.1) is 0 Å². The number of amides is 1. The number of carboxylic acid groups (broad SMARTS) is 1. The quantitative estimate of drug-likeness (QED) is 0.446. The number of carbonyl (C=O) groups is 2. The van der Waals surface area contributed by atoms with Gasteiger partial charge in [-0.2, -0.15) is 0 Å². The Hall–Kier alpha value is -3.54. The molecular weight excluding hydrogens is 330 g/mol. The summed E-state index contributed by atoms with van der Waals surface area (Å²) in [5, 5.41) is 14.0. The minimum atomic E-state index is -1.07. The lowest BCUT2D eigenvalue weighted by Gasteiger charge is -2.13. The lowest BCUT2D eigenvalue weighted by molar-refractivity contribution is -0.139. The van der Waals surface area contributed by atoms with Crippen molar-refractivity contribution in [1.82, 2.24) is 15.3 Å². The summed E-state index contributed by atoms with van der Waals surface area (Å²) in [6.45, 7) is 0. The number of benzene rings is 2. The largest absolute Gasteiger partial charge is 0.480 e. The van der Waals surface area contributed by atoms with Crippen LogP contribution in [0.4, 0.5) is 0 Å². The van der Waals surface area contributed by atoms with Crippen molar-refractivity contribution < 1.29 is 14.7 Å². The van der Waals surface area contributed by atoms with Gasteiger partial charge in [0.25, 0.3) is 5.91 Å². The fraction of sp³-hybridized carbons (Fsp3) is 0.100. The van der Waals surface area contributed by atoms with Crippen LogP contribution in [0.1, 0.15) is 16.1 Å². The number of hydrogen-bond donors (Lipinski definition) is 4. The number of aliphatic carboxylic acids is 1. The highest BCUT2D eigenvalue weighted by Crippen LogP contribution is 2.20. The number of carboxylic acids is 1. The number of H-pyrrole nitrogens is 2. The zero-order chi connectivity index (χ0) is 18.1. The molecule has 0 saturated carbocycles. The van der Waals surface area contributed by atoms with E-state index in [9.17, 15) is 14.7 Å². The fourth-order valence-corrected chi connectivity index (χ4v) is 3.15. The molecule has 0 saturated heterocycles. The van der Waals surface area contributed by atoms with Crippen LogP contribution < -0.4 is 5.32 Å². The first-order valence-electron chi connectivity index (χ1n) is 8.28. The lowest BCUT2D eigenvalue weighted by Crippen LogP contribution is -2.42. The fourth-order valence-electron chi connectivity index (χ4n) is 3.15. The first kappa shape index (κ1) is 16.0. The molecule has 0 radical (unpaired) electrons. The van der Waals surface area contributed by atoms with Gasteiger partial charge in [-0.25, -0.2) is 4.79 Å². The van der Waals surface area contributed by atoms with E-state index in [1.807, 2.05) is 48.5 Å². The maximum Gasteiger partial charge on any atom is 0.326 e. The molecule has 0 aliphatic rings. The van der Waals surface area contributed by atoms with Crippen molar-refractivity contribution in [1.29, 1.82) is 0 Å². The third-order valence-electron chi connectivity index (χ3n) is 4.48. The molecule has 6 heteroatoms. The zero-order valence-electron chi connectivity index (χ0n) is 13.8. The second kappa shape index (κ2) is 6.40. The average molecular weight is 347 g/mol. The molecule has 2 heterocycles. The van der Waals surface area contributed by atoms with Crippen LogP contribution in [0.25, 0.3) is 21.8 Å². The summed E-state index contributed by atoms with van der Waals surface area (Å²) in [6, 6.07) is 15.9. The third-order valence-corrected chi connectivity index (χ3v) is 4.48. The van der Waals surface area contributed by atoms with Crippen LogP contribution in [-0.2, 0) is 11.2 Å². The first-order chi connectivity index (χ1) is 12.6. The number of hydrogen-bond acceptors (Lipinski definition) is 2. The molecule has 1 amide bonds. The highest BCUT2D eigenvalue weighted by Gasteiger charge is 2.23. The van der Waals surface area contributed by atoms with Crippen LogP contribution in [0.3, 0.4) is 0 Å². The summed E-state index contributed by atoms with van der Waals surface area (Å²) in [6.07, 6.45) is 1.99. The predicted molar refractivity (Wildman–Crippen MR) is 99.2 cm³/mol. The van der Waals surface area contributed by atoms with Crippen molar-refractivity contribution in [2.45, 2.75) is 12.5 Å². The SMILES string of the molecule is O=C(NC(Cc1c[nH]c2ccccc12)C(=O)O)c1cc2ccccc2[nH]1. The van der Waals surface area contributed by atoms with Gasteiger partial charge in [0.1, 0.15) is 11.7 Å². The molecule has 2 aromatic carbocycles. The Bertz CT molecular complexity index is 1080. The van der Waals surface area contributed by atoms with E-state index in [0.29, 0.717) is 5.69 Å². The molecule has 130 valence electrons. The Morgan fingerprint density at radius 1 is 1.04 bits per heavy atom. The Morgan fingerprint density at radius 2 is 1.77 bits per heavy atom. The normalized spacial score (nSPS) is 12.3. The molecule has 0 fully saturated rings. The van der Waals surface area contributed by atoms with E-state index in [4.69, 9.17) is 0 Å². The Kier molecular flexibility index (Phi) is 3.93. The van der Waals surface area contributed by atoms with Crippen LogP contribution in [0.2, 0.25) is 0 Å². The van der Waals surface area contributed by atoms with Crippen molar-refractivity contribution in [3.8, 4) is 0 Å². The van der Waals surface area contributed by atoms with Gasteiger partial charge in [0.05, 0.1) is 0 Å². The molecule has 2 aromatic heterocycles. The Morgan fingerprint density at radius 3 is 2.54 bits per heavy atom. The summed E-state index contributed by atoms with van der Waals surface area (Å²) in [4.78, 5) is 30.3. The maximum atomic E-state index is 12.5. The number of aromatic nitrogens is 2. The van der Waals surface area contributed by atoms with Crippen molar-refractivity contribution in [3.05, 3.63) is 72.1 Å². The van der Waals surface area contributed by atoms with E-state index in [-0.39, 0.29) is 6.42 Å². The molecule has 4 rings (SSSR count). The molecule has 0 aliphatic carbocycles. The molecule has 26 heavy (non-hydrogen) atoms. The van der Waals surface area contributed by atoms with Crippen molar-refractivity contribution in [3.63, 3.8) is 0 Å². The topological polar surface area (TPSA) is 98.0 Å². The van der Waals surface area contributed by atoms with E-state index >= 15 is 0 Å². The van der Waals surface area contributed by atoms with E-state index in [0.717, 1.165) is 27.4 Å². The number of rotatable bonds is 5. The van der Waals surface area contributed by atoms with Gasteiger partial charge >= 0.3 is 5.97 Å². The Labute approximate surface area is 148 Å². The summed E-state index contributed by atoms with van der Waals surface area (Å²) in [5.74, 6) is -1.51. The molecule has 6 nitrogen and oxygen atoms in total. The first-order valence-corrected chi connectivity index (χ1v) is 8.28. The van der Waals surface area contributed by atoms with Gasteiger partial charge < -0.3 is 20.4 Å². The van der Waals surface area contributed by atoms with Crippen molar-refractivity contribution in [2.24, 2.45) is 0 Å². The standard InChI is InChI=1S/C20H17N3O3/c24-19(17-9-12-5-1-3-7-15(12)22-17)23-18(20(25)26)10-13-11-21-16-8-4-2-6-14(13)16/h1-9,11,18,21-22H,10H2,(H,23,24)(H,25,26). The van der Waals surface area contributed by atoms with Crippen LogP contribution in [0.15, 0.2) is 60.8 Å². The number of nitrogens with one attached hydrogen (secondary N) is 3. The van der Waals surface area contributed by atoms with Crippen LogP contribution >= 0.6 is 0 Å². The van der Waals surface area contributed by atoms with Gasteiger partial charge in [0, 0.05) is 34.4 Å². The van der Waals surface area contributed by atoms with E-state index in [2.05, 4.69) is 15.3 Å². The molecule has 4 N–H and O–H groups in total. The second-order valence-corrected chi connectivity index (χ2v) is 6.20. The maximum absolute atomic E-state index is 12.5. The number of fused-ring (bicyclic) bond motifs is 2. The van der Waals surface area contributed by atoms with E-state index < -0.39 is 17.9 Å². The van der Waals surface area contributed by atoms with Gasteiger partial charge in [-0.05, 0) is 23.8 Å². The summed E-state index contributed by atoms with van der Waals surface area (Å²) in [7, 11) is 0. The van der Waals surface area contributed by atoms with Gasteiger partial charge in [0.15, 0.2) is 0 Å². The van der Waals surface area contributed by atoms with Crippen LogP contribution in [-0.4, -0.2) is 33.0 Å². The van der Waals surface area contributed by atoms with Gasteiger partial charge in [-0.1, -0.05) is 36.4 Å². The predicted octanol–water partition coefficient (Wildman–Crippen LogP) is 3.07. The monoisotopic (exact) mass is 347 g/mol. The molecular formula is C20H17N3O3. The third kappa shape index (κ3) is 2.93. The smallest absolute Gasteiger partial charge is 0.326 e. The zero-order valence-corrected chi connectivity index (χ0v) is 13.8. The lowest BCUT2D eigenvalue weighted by atomic mass is 10.0. The number of para-hydroxylation sites is 2. The van der Waals surface area contributed by atoms with E-state index in [1.165, 1.54) is 0 Å². The Balaban J connectivity index is 1.56. The molecule has 0 aliphatic heterocycles. The molecule has 0 bridgehead atoms. The molecule has 1 atom stereocenters. The average Bonchev–Trinajstić information content (AvgIpc) is 3.25. The summed E-state index contributed by atoms with van der Waals surface area (Å²) in [5.41, 5.74) is 2.97. The molecule has 4 aromatic rings. The highest BCUT2D eigenvalue weighted by molar-refractivity contribution is 5.99. The number of carbonyl (C=O) groups excluding carboxylic acids is 1. The highest BCUT2D eigenvalue weighted by atomic mass is 16.4. The van der Waals surface area contributed by atoms with Crippen LogP contribution in [0.5, 0.6) is 0 Å². The summed E-state index contributed by atoms with van der Waals surface area (Å²) >= 11 is 0.